The maximum Gasteiger partial charge on any atom is 0.301 e. The Morgan fingerprint density at radius 2 is 1.65 bits per heavy atom. The minimum absolute atomic E-state index is 0.0964. The van der Waals surface area contributed by atoms with Gasteiger partial charge in [0.15, 0.2) is 4.34 Å². The zero-order valence-corrected chi connectivity index (χ0v) is 27.9. The molecule has 0 spiro atoms. The lowest BCUT2D eigenvalue weighted by atomic mass is 9.95. The Morgan fingerprint density at radius 1 is 0.891 bits per heavy atom. The summed E-state index contributed by atoms with van der Waals surface area (Å²) in [4.78, 5) is 28.5. The molecule has 2 heterocycles. The molecule has 7 nitrogen and oxygen atoms in total. The average molecular weight is 689 g/mol. The van der Waals surface area contributed by atoms with Crippen molar-refractivity contribution in [3.8, 4) is 5.75 Å². The molecule has 1 unspecified atom stereocenters. The van der Waals surface area contributed by atoms with Gasteiger partial charge in [-0.3, -0.25) is 14.5 Å². The van der Waals surface area contributed by atoms with Crippen molar-refractivity contribution >= 4 is 68.9 Å². The highest BCUT2D eigenvalue weighted by atomic mass is 35.5. The number of Topliss-reactive ketones (excluding diaryl/α,β-unsaturated/α-hetero) is 1. The van der Waals surface area contributed by atoms with Gasteiger partial charge in [-0.15, -0.1) is 10.2 Å². The molecule has 232 valence electrons. The van der Waals surface area contributed by atoms with Crippen LogP contribution >= 0.6 is 46.3 Å². The molecule has 5 aromatic rings. The van der Waals surface area contributed by atoms with Gasteiger partial charge in [0, 0.05) is 11.3 Å². The van der Waals surface area contributed by atoms with Crippen LogP contribution in [0, 0.1) is 13.8 Å². The second-order valence-electron chi connectivity index (χ2n) is 10.8. The van der Waals surface area contributed by atoms with E-state index in [0.29, 0.717) is 38.6 Å². The normalized spacial score (nSPS) is 15.8. The van der Waals surface area contributed by atoms with E-state index in [0.717, 1.165) is 16.7 Å². The first-order valence-corrected chi connectivity index (χ1v) is 16.8. The Bertz CT molecular complexity index is 1960. The molecule has 0 radical (unpaired) electrons. The summed E-state index contributed by atoms with van der Waals surface area (Å²) < 4.78 is 6.55. The molecular formula is C35H27Cl2N3O4S2. The molecule has 0 bridgehead atoms. The van der Waals surface area contributed by atoms with Crippen LogP contribution < -0.4 is 9.64 Å². The fourth-order valence-corrected chi connectivity index (χ4v) is 7.18. The number of carbonyl (C=O) groups is 2. The Hall–Kier alpha value is -4.15. The van der Waals surface area contributed by atoms with Crippen molar-refractivity contribution < 1.29 is 19.4 Å². The average Bonchev–Trinajstić information content (AvgIpc) is 3.62. The molecule has 1 atom stereocenters. The van der Waals surface area contributed by atoms with E-state index in [9.17, 15) is 14.7 Å². The smallest absolute Gasteiger partial charge is 0.301 e. The number of thioether (sulfide) groups is 1. The Balaban J connectivity index is 1.31. The van der Waals surface area contributed by atoms with Crippen molar-refractivity contribution in [3.05, 3.63) is 140 Å². The number of rotatable bonds is 9. The van der Waals surface area contributed by atoms with Crippen LogP contribution in [0.15, 0.2) is 101 Å². The minimum Gasteiger partial charge on any atom is -0.507 e. The van der Waals surface area contributed by atoms with Gasteiger partial charge < -0.3 is 9.84 Å². The largest absolute Gasteiger partial charge is 0.507 e. The van der Waals surface area contributed by atoms with Crippen LogP contribution in [0.1, 0.15) is 39.4 Å². The van der Waals surface area contributed by atoms with Crippen LogP contribution in [0.3, 0.4) is 0 Å². The van der Waals surface area contributed by atoms with E-state index in [1.54, 1.807) is 42.5 Å². The van der Waals surface area contributed by atoms with Gasteiger partial charge in [0.05, 0.1) is 21.7 Å². The molecule has 6 rings (SSSR count). The van der Waals surface area contributed by atoms with Gasteiger partial charge in [-0.1, -0.05) is 112 Å². The van der Waals surface area contributed by atoms with E-state index in [-0.39, 0.29) is 21.5 Å². The zero-order chi connectivity index (χ0) is 32.4. The first-order chi connectivity index (χ1) is 22.2. The Labute approximate surface area is 284 Å². The number of aliphatic hydroxyl groups excluding tert-OH is 1. The zero-order valence-electron chi connectivity index (χ0n) is 24.7. The number of ether oxygens (including phenoxy) is 1. The van der Waals surface area contributed by atoms with E-state index in [2.05, 4.69) is 22.3 Å². The minimum atomic E-state index is -1.02. The van der Waals surface area contributed by atoms with E-state index in [4.69, 9.17) is 27.9 Å². The third-order valence-corrected chi connectivity index (χ3v) is 10.3. The molecule has 4 aromatic carbocycles. The number of hydrogen-bond acceptors (Lipinski definition) is 8. The van der Waals surface area contributed by atoms with E-state index < -0.39 is 17.7 Å². The summed E-state index contributed by atoms with van der Waals surface area (Å²) in [5, 5.41) is 20.9. The number of aliphatic hydroxyl groups is 1. The van der Waals surface area contributed by atoms with Crippen LogP contribution in [0.2, 0.25) is 10.0 Å². The Kier molecular flexibility index (Phi) is 9.47. The van der Waals surface area contributed by atoms with E-state index in [1.807, 2.05) is 50.2 Å². The number of aryl methyl sites for hydroxylation is 2. The molecule has 1 saturated heterocycles. The van der Waals surface area contributed by atoms with Gasteiger partial charge in [0.25, 0.3) is 5.78 Å². The standard InChI is InChI=1S/C35H27Cl2N3O4S2/c1-20-6-8-22(9-7-20)19-45-35-39-38-34(46-35)40-30(25-12-15-27(36)28(37)17-25)29(32(42)33(40)43)31(41)24-10-13-26(14-11-24)44-18-23-5-3-4-21(2)16-23/h3-17,30,41H,18-19H2,1-2H3. The molecular weight excluding hydrogens is 661 g/mol. The fraction of sp³-hybridized carbons (Fsp3) is 0.143. The summed E-state index contributed by atoms with van der Waals surface area (Å²) in [7, 11) is 0. The fourth-order valence-electron chi connectivity index (χ4n) is 5.05. The van der Waals surface area contributed by atoms with Gasteiger partial charge in [-0.25, -0.2) is 0 Å². The first kappa shape index (κ1) is 31.8. The summed E-state index contributed by atoms with van der Waals surface area (Å²) in [6.45, 7) is 4.43. The van der Waals surface area contributed by atoms with Gasteiger partial charge in [0.2, 0.25) is 5.13 Å². The topological polar surface area (TPSA) is 92.6 Å². The van der Waals surface area contributed by atoms with Crippen molar-refractivity contribution in [2.75, 3.05) is 4.90 Å². The lowest BCUT2D eigenvalue weighted by molar-refractivity contribution is -0.132. The van der Waals surface area contributed by atoms with Crippen molar-refractivity contribution in [3.63, 3.8) is 0 Å². The van der Waals surface area contributed by atoms with Crippen LogP contribution in [-0.4, -0.2) is 27.0 Å². The molecule has 1 aromatic heterocycles. The summed E-state index contributed by atoms with van der Waals surface area (Å²) in [6, 6.07) is 26.7. The van der Waals surface area contributed by atoms with Gasteiger partial charge in [0.1, 0.15) is 18.1 Å². The number of aromatic nitrogens is 2. The number of nitrogens with zero attached hydrogens (tertiary/aromatic N) is 3. The number of benzene rings is 4. The van der Waals surface area contributed by atoms with Gasteiger partial charge in [-0.2, -0.15) is 0 Å². The molecule has 46 heavy (non-hydrogen) atoms. The molecule has 0 aliphatic carbocycles. The number of anilines is 1. The number of carbonyl (C=O) groups excluding carboxylic acids is 2. The van der Waals surface area contributed by atoms with Crippen molar-refractivity contribution in [1.82, 2.24) is 10.2 Å². The predicted octanol–water partition coefficient (Wildman–Crippen LogP) is 8.96. The van der Waals surface area contributed by atoms with E-state index in [1.165, 1.54) is 33.6 Å². The number of amides is 1. The quantitative estimate of drug-likeness (QED) is 0.0544. The van der Waals surface area contributed by atoms with Crippen molar-refractivity contribution in [2.45, 2.75) is 36.6 Å². The summed E-state index contributed by atoms with van der Waals surface area (Å²) in [5.74, 6) is -0.765. The molecule has 1 aliphatic heterocycles. The van der Waals surface area contributed by atoms with Crippen LogP contribution in [-0.2, 0) is 21.9 Å². The second kappa shape index (κ2) is 13.7. The lowest BCUT2D eigenvalue weighted by Crippen LogP contribution is -2.29. The van der Waals surface area contributed by atoms with Gasteiger partial charge in [-0.05, 0) is 66.9 Å². The first-order valence-electron chi connectivity index (χ1n) is 14.2. The van der Waals surface area contributed by atoms with Crippen LogP contribution in [0.25, 0.3) is 5.76 Å². The monoisotopic (exact) mass is 687 g/mol. The highest BCUT2D eigenvalue weighted by Crippen LogP contribution is 2.45. The molecule has 11 heteroatoms. The highest BCUT2D eigenvalue weighted by molar-refractivity contribution is 8.00. The highest BCUT2D eigenvalue weighted by Gasteiger charge is 2.48. The maximum absolute atomic E-state index is 13.6. The second-order valence-corrected chi connectivity index (χ2v) is 13.8. The van der Waals surface area contributed by atoms with Gasteiger partial charge >= 0.3 is 5.91 Å². The number of hydrogen-bond donors (Lipinski definition) is 1. The number of halogens is 2. The van der Waals surface area contributed by atoms with Crippen molar-refractivity contribution in [1.29, 1.82) is 0 Å². The summed E-state index contributed by atoms with van der Waals surface area (Å²) in [6.07, 6.45) is 0. The lowest BCUT2D eigenvalue weighted by Gasteiger charge is -2.23. The molecule has 0 saturated carbocycles. The summed E-state index contributed by atoms with van der Waals surface area (Å²) >= 11 is 15.3. The third kappa shape index (κ3) is 6.83. The van der Waals surface area contributed by atoms with Crippen LogP contribution in [0.4, 0.5) is 5.13 Å². The van der Waals surface area contributed by atoms with Crippen molar-refractivity contribution in [2.24, 2.45) is 0 Å². The van der Waals surface area contributed by atoms with Crippen LogP contribution in [0.5, 0.6) is 5.75 Å². The third-order valence-electron chi connectivity index (χ3n) is 7.40. The maximum atomic E-state index is 13.6. The summed E-state index contributed by atoms with van der Waals surface area (Å²) in [5.41, 5.74) is 5.19. The molecule has 1 fully saturated rings. The van der Waals surface area contributed by atoms with E-state index >= 15 is 0 Å². The number of ketones is 1. The Morgan fingerprint density at radius 3 is 2.37 bits per heavy atom. The molecule has 1 amide bonds. The predicted molar refractivity (Wildman–Crippen MR) is 184 cm³/mol. The molecule has 1 N–H and O–H groups in total. The SMILES string of the molecule is Cc1ccc(CSc2nnc(N3C(=O)C(=O)C(=C(O)c4ccc(OCc5cccc(C)c5)cc4)C3c3ccc(Cl)c(Cl)c3)s2)cc1. The molecule has 1 aliphatic rings.